The summed E-state index contributed by atoms with van der Waals surface area (Å²) in [5.41, 5.74) is 0.905. The van der Waals surface area contributed by atoms with E-state index in [1.807, 2.05) is 31.2 Å². The number of ether oxygens (including phenoxy) is 1. The zero-order valence-corrected chi connectivity index (χ0v) is 13.4. The van der Waals surface area contributed by atoms with Gasteiger partial charge in [0.15, 0.2) is 0 Å². The van der Waals surface area contributed by atoms with Gasteiger partial charge in [-0.15, -0.1) is 0 Å². The van der Waals surface area contributed by atoms with Gasteiger partial charge in [-0.25, -0.2) is 9.97 Å². The molecule has 106 valence electrons. The van der Waals surface area contributed by atoms with Crippen LogP contribution in [0.3, 0.4) is 0 Å². The van der Waals surface area contributed by atoms with Gasteiger partial charge in [-0.1, -0.05) is 42.4 Å². The minimum absolute atomic E-state index is 0.529. The van der Waals surface area contributed by atoms with Crippen molar-refractivity contribution in [1.29, 1.82) is 0 Å². The van der Waals surface area contributed by atoms with Crippen LogP contribution >= 0.6 is 23.4 Å². The van der Waals surface area contributed by atoms with E-state index in [0.717, 1.165) is 39.9 Å². The first-order valence-corrected chi connectivity index (χ1v) is 7.69. The van der Waals surface area contributed by atoms with E-state index in [1.165, 1.54) is 0 Å². The molecule has 0 fully saturated rings. The van der Waals surface area contributed by atoms with Crippen LogP contribution in [0.2, 0.25) is 5.15 Å². The number of methoxy groups -OCH3 is 1. The van der Waals surface area contributed by atoms with E-state index in [4.69, 9.17) is 16.3 Å². The number of hydrogen-bond acceptors (Lipinski definition) is 4. The summed E-state index contributed by atoms with van der Waals surface area (Å²) < 4.78 is 5.37. The molecule has 5 heteroatoms. The second kappa shape index (κ2) is 6.95. The molecule has 0 aliphatic carbocycles. The highest BCUT2D eigenvalue weighted by atomic mass is 35.5. The van der Waals surface area contributed by atoms with Gasteiger partial charge in [0.2, 0.25) is 0 Å². The lowest BCUT2D eigenvalue weighted by molar-refractivity contribution is 0.405. The van der Waals surface area contributed by atoms with E-state index in [2.05, 4.69) is 16.9 Å². The summed E-state index contributed by atoms with van der Waals surface area (Å²) in [6.45, 7) is 4.04. The summed E-state index contributed by atoms with van der Waals surface area (Å²) in [6.07, 6.45) is 1.83. The number of aryl methyl sites for hydroxylation is 1. The molecule has 0 atom stereocenters. The summed E-state index contributed by atoms with van der Waals surface area (Å²) >= 11 is 7.76. The van der Waals surface area contributed by atoms with E-state index < -0.39 is 0 Å². The predicted octanol–water partition coefficient (Wildman–Crippen LogP) is 4.55. The second-order valence-electron chi connectivity index (χ2n) is 4.36. The van der Waals surface area contributed by atoms with Crippen molar-refractivity contribution in [2.75, 3.05) is 7.11 Å². The van der Waals surface area contributed by atoms with Gasteiger partial charge in [-0.05, 0) is 25.5 Å². The van der Waals surface area contributed by atoms with Crippen molar-refractivity contribution in [2.45, 2.75) is 36.6 Å². The zero-order chi connectivity index (χ0) is 14.5. The number of aromatic nitrogens is 2. The summed E-state index contributed by atoms with van der Waals surface area (Å²) in [4.78, 5) is 9.95. The number of rotatable bonds is 5. The first-order valence-electron chi connectivity index (χ1n) is 6.49. The number of benzene rings is 1. The van der Waals surface area contributed by atoms with E-state index >= 15 is 0 Å². The van der Waals surface area contributed by atoms with Crippen LogP contribution in [0, 0.1) is 6.92 Å². The first-order chi connectivity index (χ1) is 9.65. The van der Waals surface area contributed by atoms with Crippen molar-refractivity contribution in [3.05, 3.63) is 40.8 Å². The molecule has 0 amide bonds. The minimum Gasteiger partial charge on any atom is -0.496 e. The van der Waals surface area contributed by atoms with Gasteiger partial charge in [0.05, 0.1) is 12.0 Å². The molecule has 20 heavy (non-hydrogen) atoms. The Hall–Kier alpha value is -1.26. The Kier molecular flexibility index (Phi) is 5.26. The summed E-state index contributed by atoms with van der Waals surface area (Å²) in [6, 6.07) is 7.88. The maximum absolute atomic E-state index is 6.20. The van der Waals surface area contributed by atoms with E-state index in [9.17, 15) is 0 Å². The molecule has 1 aromatic heterocycles. The molecule has 0 saturated carbocycles. The fourth-order valence-electron chi connectivity index (χ4n) is 1.75. The van der Waals surface area contributed by atoms with Gasteiger partial charge < -0.3 is 4.74 Å². The van der Waals surface area contributed by atoms with Crippen LogP contribution in [-0.2, 0) is 6.42 Å². The lowest BCUT2D eigenvalue weighted by atomic mass is 10.3. The van der Waals surface area contributed by atoms with Crippen molar-refractivity contribution in [3.8, 4) is 5.75 Å². The average molecular weight is 309 g/mol. The Morgan fingerprint density at radius 3 is 2.70 bits per heavy atom. The van der Waals surface area contributed by atoms with Gasteiger partial charge in [0, 0.05) is 12.0 Å². The predicted molar refractivity (Wildman–Crippen MR) is 82.9 cm³/mol. The molecule has 0 spiro atoms. The topological polar surface area (TPSA) is 35.0 Å². The van der Waals surface area contributed by atoms with Crippen LogP contribution in [0.5, 0.6) is 5.75 Å². The van der Waals surface area contributed by atoms with Crippen molar-refractivity contribution in [2.24, 2.45) is 0 Å². The van der Waals surface area contributed by atoms with Crippen LogP contribution in [0.15, 0.2) is 34.2 Å². The molecule has 0 aliphatic rings. The fourth-order valence-corrected chi connectivity index (χ4v) is 3.00. The van der Waals surface area contributed by atoms with E-state index in [-0.39, 0.29) is 0 Å². The maximum atomic E-state index is 6.20. The van der Waals surface area contributed by atoms with Crippen molar-refractivity contribution in [3.63, 3.8) is 0 Å². The lowest BCUT2D eigenvalue weighted by Gasteiger charge is -2.11. The molecule has 0 aliphatic heterocycles. The molecule has 0 N–H and O–H groups in total. The summed E-state index contributed by atoms with van der Waals surface area (Å²) in [5.74, 6) is 1.63. The molecule has 2 aromatic rings. The van der Waals surface area contributed by atoms with Gasteiger partial charge in [0.25, 0.3) is 0 Å². The van der Waals surface area contributed by atoms with Crippen LogP contribution < -0.4 is 4.74 Å². The standard InChI is InChI=1S/C15H17ClN2OS/c1-4-7-13-17-14(16)10(2)15(18-13)20-12-9-6-5-8-11(12)19-3/h5-6,8-9H,4,7H2,1-3H3. The molecule has 1 heterocycles. The number of para-hydroxylation sites is 1. The smallest absolute Gasteiger partial charge is 0.136 e. The first kappa shape index (κ1) is 15.1. The Morgan fingerprint density at radius 1 is 1.25 bits per heavy atom. The minimum atomic E-state index is 0.529. The zero-order valence-electron chi connectivity index (χ0n) is 11.8. The molecule has 0 radical (unpaired) electrons. The molecule has 1 aromatic carbocycles. The monoisotopic (exact) mass is 308 g/mol. The fraction of sp³-hybridized carbons (Fsp3) is 0.333. The molecule has 0 bridgehead atoms. The third-order valence-electron chi connectivity index (χ3n) is 2.84. The van der Waals surface area contributed by atoms with Crippen molar-refractivity contribution < 1.29 is 4.74 Å². The Bertz CT molecular complexity index is 604. The number of hydrogen-bond donors (Lipinski definition) is 0. The van der Waals surface area contributed by atoms with Crippen molar-refractivity contribution in [1.82, 2.24) is 9.97 Å². The Morgan fingerprint density at radius 2 is 2.00 bits per heavy atom. The van der Waals surface area contributed by atoms with Gasteiger partial charge >= 0.3 is 0 Å². The van der Waals surface area contributed by atoms with Gasteiger partial charge in [-0.2, -0.15) is 0 Å². The van der Waals surface area contributed by atoms with Crippen LogP contribution in [-0.4, -0.2) is 17.1 Å². The molecule has 3 nitrogen and oxygen atoms in total. The SMILES string of the molecule is CCCc1nc(Cl)c(C)c(Sc2ccccc2OC)n1. The average Bonchev–Trinajstić information content (AvgIpc) is 2.45. The number of nitrogens with zero attached hydrogens (tertiary/aromatic N) is 2. The molecule has 2 rings (SSSR count). The highest BCUT2D eigenvalue weighted by molar-refractivity contribution is 7.99. The Balaban J connectivity index is 2.37. The molecular formula is C15H17ClN2OS. The van der Waals surface area contributed by atoms with Gasteiger partial charge in [-0.3, -0.25) is 0 Å². The van der Waals surface area contributed by atoms with Crippen molar-refractivity contribution >= 4 is 23.4 Å². The normalized spacial score (nSPS) is 10.6. The molecular weight excluding hydrogens is 292 g/mol. The second-order valence-corrected chi connectivity index (χ2v) is 5.75. The highest BCUT2D eigenvalue weighted by Gasteiger charge is 2.12. The van der Waals surface area contributed by atoms with Crippen LogP contribution in [0.1, 0.15) is 24.7 Å². The third-order valence-corrected chi connectivity index (χ3v) is 4.35. The van der Waals surface area contributed by atoms with Crippen LogP contribution in [0.25, 0.3) is 0 Å². The Labute approximate surface area is 128 Å². The van der Waals surface area contributed by atoms with E-state index in [1.54, 1.807) is 18.9 Å². The quantitative estimate of drug-likeness (QED) is 0.759. The largest absolute Gasteiger partial charge is 0.496 e. The van der Waals surface area contributed by atoms with E-state index in [0.29, 0.717) is 5.15 Å². The molecule has 0 saturated heterocycles. The highest BCUT2D eigenvalue weighted by Crippen LogP contribution is 2.36. The number of halogens is 1. The maximum Gasteiger partial charge on any atom is 0.136 e. The molecule has 0 unspecified atom stereocenters. The van der Waals surface area contributed by atoms with Crippen LogP contribution in [0.4, 0.5) is 0 Å². The van der Waals surface area contributed by atoms with Gasteiger partial charge in [0.1, 0.15) is 21.8 Å². The summed E-state index contributed by atoms with van der Waals surface area (Å²) in [5, 5.41) is 1.42. The lowest BCUT2D eigenvalue weighted by Crippen LogP contribution is -1.99. The summed E-state index contributed by atoms with van der Waals surface area (Å²) in [7, 11) is 1.67. The third kappa shape index (κ3) is 3.44.